The van der Waals surface area contributed by atoms with Gasteiger partial charge in [0.15, 0.2) is 0 Å². The van der Waals surface area contributed by atoms with Gasteiger partial charge in [0.2, 0.25) is 0 Å². The van der Waals surface area contributed by atoms with E-state index in [4.69, 9.17) is 0 Å². The second-order valence-electron chi connectivity index (χ2n) is 5.95. The molecule has 0 aliphatic carbocycles. The minimum absolute atomic E-state index is 0.0224. The van der Waals surface area contributed by atoms with E-state index in [2.05, 4.69) is 37.8 Å². The van der Waals surface area contributed by atoms with Gasteiger partial charge < -0.3 is 15.3 Å². The van der Waals surface area contributed by atoms with E-state index in [0.717, 1.165) is 42.0 Å². The molecule has 1 aliphatic heterocycles. The molecule has 4 rings (SSSR count). The Bertz CT molecular complexity index is 854. The smallest absolute Gasteiger partial charge is 0.276 e. The van der Waals surface area contributed by atoms with Crippen LogP contribution in [0.1, 0.15) is 23.8 Å². The number of tetrazole rings is 1. The summed E-state index contributed by atoms with van der Waals surface area (Å²) in [6.45, 7) is 4.09. The SMILES string of the molecule is CC[C@H](CO)Nc1nc2nnnn2c2sc3c(c12)CCN(C)C3. The lowest BCUT2D eigenvalue weighted by Gasteiger charge is -2.22. The summed E-state index contributed by atoms with van der Waals surface area (Å²) < 4.78 is 1.71. The first kappa shape index (κ1) is 14.7. The van der Waals surface area contributed by atoms with Crippen molar-refractivity contribution in [3.63, 3.8) is 0 Å². The van der Waals surface area contributed by atoms with Gasteiger partial charge in [-0.2, -0.15) is 9.50 Å². The van der Waals surface area contributed by atoms with Crippen molar-refractivity contribution < 1.29 is 5.11 Å². The molecule has 0 saturated heterocycles. The number of aliphatic hydroxyl groups is 1. The molecule has 122 valence electrons. The van der Waals surface area contributed by atoms with Gasteiger partial charge in [-0.15, -0.1) is 11.3 Å². The number of aliphatic hydroxyl groups excluding tert-OH is 1. The van der Waals surface area contributed by atoms with Crippen LogP contribution in [-0.4, -0.2) is 61.3 Å². The molecule has 0 radical (unpaired) electrons. The van der Waals surface area contributed by atoms with Crippen molar-refractivity contribution in [3.05, 3.63) is 10.4 Å². The van der Waals surface area contributed by atoms with E-state index in [0.29, 0.717) is 5.78 Å². The summed E-state index contributed by atoms with van der Waals surface area (Å²) in [5.74, 6) is 1.27. The lowest BCUT2D eigenvalue weighted by atomic mass is 10.1. The Hall–Kier alpha value is -1.84. The maximum Gasteiger partial charge on any atom is 0.276 e. The summed E-state index contributed by atoms with van der Waals surface area (Å²) in [5.41, 5.74) is 1.34. The highest BCUT2D eigenvalue weighted by molar-refractivity contribution is 7.19. The number of thiophene rings is 1. The summed E-state index contributed by atoms with van der Waals surface area (Å²) in [4.78, 5) is 9.28. The van der Waals surface area contributed by atoms with Crippen molar-refractivity contribution in [2.24, 2.45) is 0 Å². The van der Waals surface area contributed by atoms with E-state index in [1.54, 1.807) is 15.9 Å². The standard InChI is InChI=1S/C14H19N7OS/c1-3-8(7-22)15-12-11-9-4-5-20(2)6-10(9)23-13(11)21-14(16-12)17-18-19-21/h8,22H,3-7H2,1-2H3,(H,15,16,17,19)/t8-/m1/s1. The lowest BCUT2D eigenvalue weighted by molar-refractivity contribution is 0.271. The normalized spacial score (nSPS) is 16.8. The van der Waals surface area contributed by atoms with Crippen LogP contribution in [0.3, 0.4) is 0 Å². The molecule has 4 heterocycles. The van der Waals surface area contributed by atoms with E-state index in [1.165, 1.54) is 10.4 Å². The molecule has 1 atom stereocenters. The highest BCUT2D eigenvalue weighted by Gasteiger charge is 2.25. The molecule has 0 aromatic carbocycles. The summed E-state index contributed by atoms with van der Waals surface area (Å²) >= 11 is 1.73. The molecule has 8 nitrogen and oxygen atoms in total. The van der Waals surface area contributed by atoms with Gasteiger partial charge in [-0.25, -0.2) is 0 Å². The molecule has 0 unspecified atom stereocenters. The quantitative estimate of drug-likeness (QED) is 0.733. The molecule has 0 saturated carbocycles. The van der Waals surface area contributed by atoms with Gasteiger partial charge in [-0.05, 0) is 35.9 Å². The van der Waals surface area contributed by atoms with Crippen LogP contribution >= 0.6 is 11.3 Å². The largest absolute Gasteiger partial charge is 0.394 e. The van der Waals surface area contributed by atoms with Crippen LogP contribution in [0, 0.1) is 0 Å². The number of fused-ring (bicyclic) bond motifs is 5. The number of hydrogen-bond acceptors (Lipinski definition) is 8. The van der Waals surface area contributed by atoms with Crippen molar-refractivity contribution in [1.29, 1.82) is 0 Å². The van der Waals surface area contributed by atoms with Crippen molar-refractivity contribution in [2.45, 2.75) is 32.4 Å². The molecule has 23 heavy (non-hydrogen) atoms. The van der Waals surface area contributed by atoms with Crippen molar-refractivity contribution >= 4 is 33.1 Å². The fraction of sp³-hybridized carbons (Fsp3) is 0.571. The van der Waals surface area contributed by atoms with Crippen molar-refractivity contribution in [2.75, 3.05) is 25.5 Å². The van der Waals surface area contributed by atoms with Gasteiger partial charge in [-0.3, -0.25) is 0 Å². The third kappa shape index (κ3) is 2.35. The van der Waals surface area contributed by atoms with Gasteiger partial charge in [0.1, 0.15) is 10.6 Å². The maximum atomic E-state index is 9.52. The second-order valence-corrected chi connectivity index (χ2v) is 7.04. The first-order chi connectivity index (χ1) is 11.2. The Kier molecular flexibility index (Phi) is 3.63. The van der Waals surface area contributed by atoms with Gasteiger partial charge in [0, 0.05) is 18.0 Å². The van der Waals surface area contributed by atoms with Gasteiger partial charge in [0.05, 0.1) is 18.0 Å². The molecule has 3 aromatic heterocycles. The Labute approximate surface area is 137 Å². The van der Waals surface area contributed by atoms with E-state index in [-0.39, 0.29) is 12.6 Å². The fourth-order valence-electron chi connectivity index (χ4n) is 3.02. The molecule has 0 spiro atoms. The van der Waals surface area contributed by atoms with Gasteiger partial charge in [-0.1, -0.05) is 12.0 Å². The summed E-state index contributed by atoms with van der Waals surface area (Å²) in [7, 11) is 2.14. The van der Waals surface area contributed by atoms with E-state index in [1.807, 2.05) is 6.92 Å². The molecule has 0 bridgehead atoms. The Morgan fingerprint density at radius 2 is 2.30 bits per heavy atom. The highest BCUT2D eigenvalue weighted by Crippen LogP contribution is 2.38. The summed E-state index contributed by atoms with van der Waals surface area (Å²) in [5, 5.41) is 25.8. The van der Waals surface area contributed by atoms with Crippen LogP contribution in [0.15, 0.2) is 0 Å². The average Bonchev–Trinajstić information content (AvgIpc) is 3.15. The molecule has 0 amide bonds. The molecule has 2 N–H and O–H groups in total. The zero-order valence-electron chi connectivity index (χ0n) is 13.2. The van der Waals surface area contributed by atoms with Crippen molar-refractivity contribution in [1.82, 2.24) is 29.9 Å². The maximum absolute atomic E-state index is 9.52. The van der Waals surface area contributed by atoms with Crippen LogP contribution in [0.25, 0.3) is 16.0 Å². The average molecular weight is 333 g/mol. The molecule has 9 heteroatoms. The van der Waals surface area contributed by atoms with Crippen LogP contribution in [0.5, 0.6) is 0 Å². The molecule has 0 fully saturated rings. The second kappa shape index (κ2) is 5.66. The number of aromatic nitrogens is 5. The topological polar surface area (TPSA) is 91.5 Å². The third-order valence-electron chi connectivity index (χ3n) is 4.38. The molecular weight excluding hydrogens is 314 g/mol. The van der Waals surface area contributed by atoms with Crippen LogP contribution < -0.4 is 5.32 Å². The predicted molar refractivity (Wildman–Crippen MR) is 88.8 cm³/mol. The predicted octanol–water partition coefficient (Wildman–Crippen LogP) is 0.905. The first-order valence-electron chi connectivity index (χ1n) is 7.79. The van der Waals surface area contributed by atoms with E-state index in [9.17, 15) is 5.11 Å². The summed E-state index contributed by atoms with van der Waals surface area (Å²) in [6, 6.07) is -0.0224. The first-order valence-corrected chi connectivity index (χ1v) is 8.61. The summed E-state index contributed by atoms with van der Waals surface area (Å²) in [6.07, 6.45) is 1.82. The monoisotopic (exact) mass is 333 g/mol. The zero-order valence-corrected chi connectivity index (χ0v) is 14.0. The number of anilines is 1. The number of nitrogens with one attached hydrogen (secondary N) is 1. The van der Waals surface area contributed by atoms with E-state index >= 15 is 0 Å². The fourth-order valence-corrected chi connectivity index (χ4v) is 4.40. The molecule has 3 aromatic rings. The van der Waals surface area contributed by atoms with E-state index < -0.39 is 0 Å². The van der Waals surface area contributed by atoms with Gasteiger partial charge >= 0.3 is 0 Å². The Morgan fingerprint density at radius 3 is 3.09 bits per heavy atom. The Morgan fingerprint density at radius 1 is 1.43 bits per heavy atom. The Balaban J connectivity index is 1.95. The number of hydrogen-bond donors (Lipinski definition) is 2. The molecule has 1 aliphatic rings. The number of rotatable bonds is 4. The molecular formula is C14H19N7OS. The van der Waals surface area contributed by atoms with Crippen LogP contribution in [0.4, 0.5) is 5.82 Å². The number of likely N-dealkylation sites (N-methyl/N-ethyl adjacent to an activating group) is 1. The third-order valence-corrected chi connectivity index (χ3v) is 5.57. The van der Waals surface area contributed by atoms with Crippen molar-refractivity contribution in [3.8, 4) is 0 Å². The highest BCUT2D eigenvalue weighted by atomic mass is 32.1. The minimum Gasteiger partial charge on any atom is -0.394 e. The van der Waals surface area contributed by atoms with Gasteiger partial charge in [0.25, 0.3) is 5.78 Å². The number of nitrogens with zero attached hydrogens (tertiary/aromatic N) is 6. The lowest BCUT2D eigenvalue weighted by Crippen LogP contribution is -2.26. The van der Waals surface area contributed by atoms with Crippen LogP contribution in [0.2, 0.25) is 0 Å². The minimum atomic E-state index is -0.0224. The van der Waals surface area contributed by atoms with Crippen LogP contribution in [-0.2, 0) is 13.0 Å². The zero-order chi connectivity index (χ0) is 16.0.